The molecule has 0 spiro atoms. The Balaban J connectivity index is 2.22. The summed E-state index contributed by atoms with van der Waals surface area (Å²) in [5, 5.41) is 11.4. The molecule has 5 nitrogen and oxygen atoms in total. The van der Waals surface area contributed by atoms with Gasteiger partial charge in [0.25, 0.3) is 0 Å². The maximum Gasteiger partial charge on any atom is 0.337 e. The van der Waals surface area contributed by atoms with Crippen molar-refractivity contribution >= 4 is 29.0 Å². The van der Waals surface area contributed by atoms with Crippen LogP contribution in [0.25, 0.3) is 11.6 Å². The second-order valence-corrected chi connectivity index (χ2v) is 6.57. The monoisotopic (exact) mass is 375 g/mol. The molecule has 0 saturated carbocycles. The smallest absolute Gasteiger partial charge is 0.337 e. The van der Waals surface area contributed by atoms with Crippen LogP contribution in [0.1, 0.15) is 24.3 Å². The van der Waals surface area contributed by atoms with E-state index < -0.39 is 5.97 Å². The average Bonchev–Trinajstić information content (AvgIpc) is 3.17. The molecule has 2 rings (SSSR count). The number of benzene rings is 1. The van der Waals surface area contributed by atoms with E-state index in [0.29, 0.717) is 18.1 Å². The summed E-state index contributed by atoms with van der Waals surface area (Å²) in [7, 11) is 1.59. The number of ether oxygens (including phenoxy) is 2. The maximum atomic E-state index is 11.6. The van der Waals surface area contributed by atoms with Crippen LogP contribution in [0.3, 0.4) is 0 Å². The molecule has 140 valence electrons. The minimum atomic E-state index is -0.952. The van der Waals surface area contributed by atoms with Crippen LogP contribution >= 0.6 is 11.3 Å². The molecule has 6 heteroatoms. The van der Waals surface area contributed by atoms with Gasteiger partial charge in [0.2, 0.25) is 0 Å². The van der Waals surface area contributed by atoms with Gasteiger partial charge in [0.05, 0.1) is 12.7 Å². The fraction of sp³-hybridized carbons (Fsp3) is 0.350. The van der Waals surface area contributed by atoms with E-state index in [1.165, 1.54) is 11.3 Å². The zero-order valence-corrected chi connectivity index (χ0v) is 16.2. The number of carboxylic acids is 1. The van der Waals surface area contributed by atoms with Crippen LogP contribution in [0.5, 0.6) is 11.5 Å². The van der Waals surface area contributed by atoms with Gasteiger partial charge in [-0.2, -0.15) is 0 Å². The van der Waals surface area contributed by atoms with Gasteiger partial charge in [-0.3, -0.25) is 0 Å². The van der Waals surface area contributed by atoms with Crippen molar-refractivity contribution < 1.29 is 19.4 Å². The topological polar surface area (TPSA) is 59.0 Å². The minimum Gasteiger partial charge on any atom is -0.493 e. The lowest BCUT2D eigenvalue weighted by Crippen LogP contribution is -2.27. The molecule has 0 saturated heterocycles. The Bertz CT molecular complexity index is 736. The summed E-state index contributed by atoms with van der Waals surface area (Å²) in [6.07, 6.45) is 1.66. The number of carbonyl (C=O) groups is 1. The van der Waals surface area contributed by atoms with Gasteiger partial charge in [0, 0.05) is 11.4 Å². The predicted molar refractivity (Wildman–Crippen MR) is 106 cm³/mol. The van der Waals surface area contributed by atoms with E-state index in [1.807, 2.05) is 23.6 Å². The molecule has 0 unspecified atom stereocenters. The Kier molecular flexibility index (Phi) is 7.69. The summed E-state index contributed by atoms with van der Waals surface area (Å²) in [6, 6.07) is 9.08. The van der Waals surface area contributed by atoms with Gasteiger partial charge in [-0.05, 0) is 48.3 Å². The largest absolute Gasteiger partial charge is 0.493 e. The Morgan fingerprint density at radius 2 is 2.00 bits per heavy atom. The Morgan fingerprint density at radius 3 is 2.58 bits per heavy atom. The molecule has 1 heterocycles. The fourth-order valence-electron chi connectivity index (χ4n) is 2.56. The first-order valence-electron chi connectivity index (χ1n) is 8.61. The van der Waals surface area contributed by atoms with Crippen LogP contribution in [-0.2, 0) is 4.79 Å². The molecular formula is C20H25NO4S. The van der Waals surface area contributed by atoms with E-state index >= 15 is 0 Å². The average molecular weight is 375 g/mol. The van der Waals surface area contributed by atoms with Crippen molar-refractivity contribution in [1.29, 1.82) is 0 Å². The van der Waals surface area contributed by atoms with Crippen molar-refractivity contribution in [3.63, 3.8) is 0 Å². The van der Waals surface area contributed by atoms with Crippen molar-refractivity contribution in [2.45, 2.75) is 13.8 Å². The lowest BCUT2D eigenvalue weighted by atomic mass is 10.1. The quantitative estimate of drug-likeness (QED) is 0.634. The van der Waals surface area contributed by atoms with Gasteiger partial charge < -0.3 is 19.5 Å². The molecule has 0 aliphatic rings. The van der Waals surface area contributed by atoms with Crippen LogP contribution in [0, 0.1) is 0 Å². The molecule has 0 bridgehead atoms. The first-order valence-corrected chi connectivity index (χ1v) is 9.49. The molecule has 0 amide bonds. The number of aliphatic carboxylic acids is 1. The van der Waals surface area contributed by atoms with Crippen LogP contribution in [0.4, 0.5) is 0 Å². The van der Waals surface area contributed by atoms with Gasteiger partial charge in [-0.15, -0.1) is 11.3 Å². The number of hydrogen-bond acceptors (Lipinski definition) is 5. The number of methoxy groups -OCH3 is 1. The van der Waals surface area contributed by atoms with E-state index in [-0.39, 0.29) is 5.57 Å². The van der Waals surface area contributed by atoms with Crippen molar-refractivity contribution in [3.8, 4) is 11.5 Å². The summed E-state index contributed by atoms with van der Waals surface area (Å²) in [6.45, 7) is 7.56. The molecule has 0 aliphatic heterocycles. The molecule has 1 aromatic carbocycles. The second kappa shape index (κ2) is 9.99. The molecule has 26 heavy (non-hydrogen) atoms. The summed E-state index contributed by atoms with van der Waals surface area (Å²) in [5.41, 5.74) is 1.02. The molecular weight excluding hydrogens is 350 g/mol. The van der Waals surface area contributed by atoms with Crippen molar-refractivity contribution in [2.24, 2.45) is 0 Å². The van der Waals surface area contributed by atoms with Crippen molar-refractivity contribution in [2.75, 3.05) is 33.4 Å². The summed E-state index contributed by atoms with van der Waals surface area (Å²) >= 11 is 1.40. The van der Waals surface area contributed by atoms with Gasteiger partial charge in [-0.25, -0.2) is 4.79 Å². The Labute approximate surface area is 158 Å². The van der Waals surface area contributed by atoms with E-state index in [1.54, 1.807) is 25.3 Å². The lowest BCUT2D eigenvalue weighted by molar-refractivity contribution is -0.130. The number of hydrogen-bond donors (Lipinski definition) is 1. The second-order valence-electron chi connectivity index (χ2n) is 5.63. The first-order chi connectivity index (χ1) is 12.6. The van der Waals surface area contributed by atoms with Crippen molar-refractivity contribution in [1.82, 2.24) is 4.90 Å². The Hall–Kier alpha value is -2.31. The number of rotatable bonds is 10. The zero-order chi connectivity index (χ0) is 18.9. The van der Waals surface area contributed by atoms with Gasteiger partial charge in [0.1, 0.15) is 6.61 Å². The van der Waals surface area contributed by atoms with E-state index in [0.717, 1.165) is 30.1 Å². The minimum absolute atomic E-state index is 0.263. The highest BCUT2D eigenvalue weighted by atomic mass is 32.1. The molecule has 0 fully saturated rings. The number of nitrogens with zero attached hydrogens (tertiary/aromatic N) is 1. The molecule has 1 aromatic heterocycles. The van der Waals surface area contributed by atoms with Gasteiger partial charge in [-0.1, -0.05) is 26.0 Å². The third-order valence-electron chi connectivity index (χ3n) is 4.08. The number of thiophene rings is 1. The van der Waals surface area contributed by atoms with Crippen LogP contribution in [-0.4, -0.2) is 49.3 Å². The van der Waals surface area contributed by atoms with Crippen LogP contribution < -0.4 is 9.47 Å². The summed E-state index contributed by atoms with van der Waals surface area (Å²) in [5.74, 6) is 0.297. The number of likely N-dealkylation sites (N-methyl/N-ethyl adjacent to an activating group) is 1. The molecule has 0 atom stereocenters. The number of carboxylic acid groups (broad SMARTS) is 1. The lowest BCUT2D eigenvalue weighted by Gasteiger charge is -2.19. The fourth-order valence-corrected chi connectivity index (χ4v) is 3.29. The normalized spacial score (nSPS) is 11.6. The molecule has 2 aromatic rings. The van der Waals surface area contributed by atoms with Crippen molar-refractivity contribution in [3.05, 3.63) is 46.2 Å². The Morgan fingerprint density at radius 1 is 1.23 bits per heavy atom. The molecule has 0 radical (unpaired) electrons. The first kappa shape index (κ1) is 20.0. The van der Waals surface area contributed by atoms with E-state index in [4.69, 9.17) is 9.47 Å². The standard InChI is InChI=1S/C20H25NO4S/c1-4-21(5-2)10-11-25-18-14-15(8-9-17(18)24-3)13-16(20(22)23)19-7-6-12-26-19/h6-9,12-14H,4-5,10-11H2,1-3H3,(H,22,23)/b16-13-. The third kappa shape index (κ3) is 5.34. The predicted octanol–water partition coefficient (Wildman–Crippen LogP) is 4.10. The highest BCUT2D eigenvalue weighted by molar-refractivity contribution is 7.11. The summed E-state index contributed by atoms with van der Waals surface area (Å²) in [4.78, 5) is 14.6. The molecule has 0 aliphatic carbocycles. The highest BCUT2D eigenvalue weighted by Crippen LogP contribution is 2.30. The van der Waals surface area contributed by atoms with E-state index in [9.17, 15) is 9.90 Å². The van der Waals surface area contributed by atoms with Crippen LogP contribution in [0.15, 0.2) is 35.7 Å². The van der Waals surface area contributed by atoms with E-state index in [2.05, 4.69) is 18.7 Å². The maximum absolute atomic E-state index is 11.6. The molecule has 1 N–H and O–H groups in total. The third-order valence-corrected chi connectivity index (χ3v) is 4.98. The van der Waals surface area contributed by atoms with Gasteiger partial charge >= 0.3 is 5.97 Å². The van der Waals surface area contributed by atoms with Crippen LogP contribution in [0.2, 0.25) is 0 Å². The summed E-state index contributed by atoms with van der Waals surface area (Å²) < 4.78 is 11.3. The zero-order valence-electron chi connectivity index (χ0n) is 15.4. The highest BCUT2D eigenvalue weighted by Gasteiger charge is 2.13. The SMILES string of the molecule is CCN(CC)CCOc1cc(/C=C(\C(=O)O)c2cccs2)ccc1OC. The van der Waals surface area contributed by atoms with Gasteiger partial charge in [0.15, 0.2) is 11.5 Å².